The van der Waals surface area contributed by atoms with Gasteiger partial charge >= 0.3 is 5.97 Å². The maximum absolute atomic E-state index is 10.4. The first-order valence-electron chi connectivity index (χ1n) is 5.14. The van der Waals surface area contributed by atoms with Crippen LogP contribution < -0.4 is 0 Å². The summed E-state index contributed by atoms with van der Waals surface area (Å²) in [5, 5.41) is 18.8. The van der Waals surface area contributed by atoms with E-state index in [1.807, 2.05) is 30.3 Å². The zero-order chi connectivity index (χ0) is 11.5. The summed E-state index contributed by atoms with van der Waals surface area (Å²) in [6, 6.07) is 9.82. The van der Waals surface area contributed by atoms with Gasteiger partial charge in [-0.1, -0.05) is 18.2 Å². The Hall–Kier alpha value is -1.81. The highest BCUT2D eigenvalue weighted by molar-refractivity contribution is 5.80. The number of carbonyl (C=O) groups is 1. The van der Waals surface area contributed by atoms with E-state index in [2.05, 4.69) is 4.98 Å². The van der Waals surface area contributed by atoms with Gasteiger partial charge in [0.25, 0.3) is 0 Å². The highest BCUT2D eigenvalue weighted by atomic mass is 16.4. The second-order valence-electron chi connectivity index (χ2n) is 3.77. The second-order valence-corrected chi connectivity index (χ2v) is 3.77. The summed E-state index contributed by atoms with van der Waals surface area (Å²) in [6.45, 7) is 0. The monoisotopic (exact) mass is 219 g/mol. The average molecular weight is 219 g/mol. The molecule has 0 spiro atoms. The van der Waals surface area contributed by atoms with E-state index in [4.69, 9.17) is 10.2 Å². The smallest absolute Gasteiger partial charge is 0.332 e. The Bertz CT molecular complexity index is 471. The fourth-order valence-electron chi connectivity index (χ4n) is 1.68. The van der Waals surface area contributed by atoms with Crippen LogP contribution in [-0.2, 0) is 11.2 Å². The van der Waals surface area contributed by atoms with E-state index in [-0.39, 0.29) is 6.42 Å². The highest BCUT2D eigenvalue weighted by Crippen LogP contribution is 2.16. The number of aromatic amines is 1. The molecule has 1 aromatic heterocycles. The van der Waals surface area contributed by atoms with Gasteiger partial charge in [-0.2, -0.15) is 0 Å². The van der Waals surface area contributed by atoms with Crippen LogP contribution in [0.4, 0.5) is 0 Å². The van der Waals surface area contributed by atoms with Gasteiger partial charge in [0.1, 0.15) is 0 Å². The molecule has 0 radical (unpaired) electrons. The largest absolute Gasteiger partial charge is 0.479 e. The lowest BCUT2D eigenvalue weighted by molar-refractivity contribution is -0.146. The Balaban J connectivity index is 2.07. The Morgan fingerprint density at radius 3 is 2.81 bits per heavy atom. The molecular formula is C12H13NO3. The van der Waals surface area contributed by atoms with Crippen molar-refractivity contribution < 1.29 is 15.0 Å². The number of carboxylic acids is 1. The number of H-pyrrole nitrogens is 1. The fourth-order valence-corrected chi connectivity index (χ4v) is 1.68. The summed E-state index contributed by atoms with van der Waals surface area (Å²) in [4.78, 5) is 13.6. The summed E-state index contributed by atoms with van der Waals surface area (Å²) >= 11 is 0. The molecule has 0 aliphatic carbocycles. The first-order chi connectivity index (χ1) is 7.66. The molecule has 0 bridgehead atoms. The normalized spacial score (nSPS) is 12.8. The molecule has 0 saturated carbocycles. The molecular weight excluding hydrogens is 206 g/mol. The Morgan fingerprint density at radius 2 is 2.12 bits per heavy atom. The minimum atomic E-state index is -1.29. The number of aliphatic hydroxyl groups is 1. The van der Waals surface area contributed by atoms with E-state index in [1.54, 1.807) is 0 Å². The van der Waals surface area contributed by atoms with Crippen molar-refractivity contribution in [3.05, 3.63) is 36.0 Å². The minimum absolute atomic E-state index is 0.224. The number of fused-ring (bicyclic) bond motifs is 1. The molecule has 1 atom stereocenters. The number of rotatable bonds is 4. The molecule has 0 fully saturated rings. The molecule has 0 aliphatic heterocycles. The van der Waals surface area contributed by atoms with E-state index in [0.29, 0.717) is 6.42 Å². The van der Waals surface area contributed by atoms with Crippen molar-refractivity contribution in [2.75, 3.05) is 0 Å². The lowest BCUT2D eigenvalue weighted by atomic mass is 10.1. The van der Waals surface area contributed by atoms with Crippen molar-refractivity contribution in [1.29, 1.82) is 0 Å². The van der Waals surface area contributed by atoms with Gasteiger partial charge < -0.3 is 15.2 Å². The van der Waals surface area contributed by atoms with Crippen molar-refractivity contribution in [2.24, 2.45) is 0 Å². The number of aliphatic hydroxyl groups excluding tert-OH is 1. The molecule has 2 rings (SSSR count). The van der Waals surface area contributed by atoms with Crippen molar-refractivity contribution in [2.45, 2.75) is 18.9 Å². The maximum atomic E-state index is 10.4. The van der Waals surface area contributed by atoms with Crippen LogP contribution in [0.3, 0.4) is 0 Å². The SMILES string of the molecule is O=C(O)C(O)CCc1cc2ccccc2[nH]1. The minimum Gasteiger partial charge on any atom is -0.479 e. The molecule has 16 heavy (non-hydrogen) atoms. The standard InChI is InChI=1S/C12H13NO3/c14-11(12(15)16)6-5-9-7-8-3-1-2-4-10(8)13-9/h1-4,7,11,13-14H,5-6H2,(H,15,16). The third-order valence-electron chi connectivity index (χ3n) is 2.56. The quantitative estimate of drug-likeness (QED) is 0.730. The van der Waals surface area contributed by atoms with Crippen LogP contribution in [0.5, 0.6) is 0 Å². The van der Waals surface area contributed by atoms with E-state index in [9.17, 15) is 4.79 Å². The average Bonchev–Trinajstić information content (AvgIpc) is 2.68. The van der Waals surface area contributed by atoms with Gasteiger partial charge in [-0.25, -0.2) is 4.79 Å². The van der Waals surface area contributed by atoms with E-state index < -0.39 is 12.1 Å². The van der Waals surface area contributed by atoms with Gasteiger partial charge in [0.15, 0.2) is 6.10 Å². The van der Waals surface area contributed by atoms with Gasteiger partial charge in [-0.3, -0.25) is 0 Å². The number of hydrogen-bond donors (Lipinski definition) is 3. The summed E-state index contributed by atoms with van der Waals surface area (Å²) in [7, 11) is 0. The Kier molecular flexibility index (Phi) is 2.92. The fraction of sp³-hybridized carbons (Fsp3) is 0.250. The predicted molar refractivity (Wildman–Crippen MR) is 60.3 cm³/mol. The molecule has 0 saturated heterocycles. The zero-order valence-electron chi connectivity index (χ0n) is 8.68. The topological polar surface area (TPSA) is 73.3 Å². The number of hydrogen-bond acceptors (Lipinski definition) is 2. The van der Waals surface area contributed by atoms with E-state index >= 15 is 0 Å². The summed E-state index contributed by atoms with van der Waals surface area (Å²) < 4.78 is 0. The van der Waals surface area contributed by atoms with Crippen LogP contribution in [0, 0.1) is 0 Å². The van der Waals surface area contributed by atoms with Crippen LogP contribution in [0.1, 0.15) is 12.1 Å². The number of benzene rings is 1. The van der Waals surface area contributed by atoms with Crippen LogP contribution in [-0.4, -0.2) is 27.3 Å². The van der Waals surface area contributed by atoms with Gasteiger partial charge in [-0.15, -0.1) is 0 Å². The summed E-state index contributed by atoms with van der Waals surface area (Å²) in [6.07, 6.45) is -0.531. The number of carboxylic acid groups (broad SMARTS) is 1. The first kappa shape index (κ1) is 10.7. The van der Waals surface area contributed by atoms with Crippen molar-refractivity contribution in [3.8, 4) is 0 Å². The lowest BCUT2D eigenvalue weighted by Crippen LogP contribution is -2.19. The van der Waals surface area contributed by atoms with Gasteiger partial charge in [0, 0.05) is 11.2 Å². The van der Waals surface area contributed by atoms with Crippen LogP contribution >= 0.6 is 0 Å². The highest BCUT2D eigenvalue weighted by Gasteiger charge is 2.13. The molecule has 3 N–H and O–H groups in total. The Labute approximate surface area is 92.5 Å². The number of para-hydroxylation sites is 1. The number of aliphatic carboxylic acids is 1. The Morgan fingerprint density at radius 1 is 1.38 bits per heavy atom. The molecule has 1 unspecified atom stereocenters. The molecule has 0 aliphatic rings. The maximum Gasteiger partial charge on any atom is 0.332 e. The summed E-state index contributed by atoms with van der Waals surface area (Å²) in [5.74, 6) is -1.17. The van der Waals surface area contributed by atoms with Gasteiger partial charge in [0.2, 0.25) is 0 Å². The van der Waals surface area contributed by atoms with Crippen LogP contribution in [0.2, 0.25) is 0 Å². The number of aromatic nitrogens is 1. The zero-order valence-corrected chi connectivity index (χ0v) is 8.68. The predicted octanol–water partition coefficient (Wildman–Crippen LogP) is 1.55. The first-order valence-corrected chi connectivity index (χ1v) is 5.14. The van der Waals surface area contributed by atoms with Gasteiger partial charge in [0.05, 0.1) is 0 Å². The summed E-state index contributed by atoms with van der Waals surface area (Å²) in [5.41, 5.74) is 1.98. The van der Waals surface area contributed by atoms with Crippen molar-refractivity contribution in [1.82, 2.24) is 4.98 Å². The second kappa shape index (κ2) is 4.37. The van der Waals surface area contributed by atoms with Crippen molar-refractivity contribution >= 4 is 16.9 Å². The molecule has 84 valence electrons. The number of aryl methyl sites for hydroxylation is 1. The third-order valence-corrected chi connectivity index (χ3v) is 2.56. The molecule has 4 nitrogen and oxygen atoms in total. The van der Waals surface area contributed by atoms with Gasteiger partial charge in [-0.05, 0) is 30.4 Å². The molecule has 2 aromatic rings. The number of nitrogens with one attached hydrogen (secondary N) is 1. The van der Waals surface area contributed by atoms with E-state index in [0.717, 1.165) is 16.6 Å². The lowest BCUT2D eigenvalue weighted by Gasteiger charge is -2.02. The van der Waals surface area contributed by atoms with Crippen LogP contribution in [0.25, 0.3) is 10.9 Å². The molecule has 4 heteroatoms. The molecule has 1 aromatic carbocycles. The van der Waals surface area contributed by atoms with E-state index in [1.165, 1.54) is 0 Å². The molecule has 1 heterocycles. The third kappa shape index (κ3) is 2.23. The van der Waals surface area contributed by atoms with Crippen molar-refractivity contribution in [3.63, 3.8) is 0 Å². The van der Waals surface area contributed by atoms with Crippen LogP contribution in [0.15, 0.2) is 30.3 Å². The molecule has 0 amide bonds.